The summed E-state index contributed by atoms with van der Waals surface area (Å²) >= 11 is 0. The van der Waals surface area contributed by atoms with E-state index in [-0.39, 0.29) is 10.6 Å². The van der Waals surface area contributed by atoms with Crippen molar-refractivity contribution in [1.82, 2.24) is 4.90 Å². The number of rotatable bonds is 3. The number of nitrogens with two attached hydrogens (primary N) is 1. The molecule has 21 heavy (non-hydrogen) atoms. The van der Waals surface area contributed by atoms with Gasteiger partial charge in [0.05, 0.1) is 4.92 Å². The average Bonchev–Trinajstić information content (AvgIpc) is 2.49. The van der Waals surface area contributed by atoms with Gasteiger partial charge in [0.15, 0.2) is 0 Å². The maximum absolute atomic E-state index is 10.9. The number of nitro groups is 1. The van der Waals surface area contributed by atoms with Gasteiger partial charge in [-0.25, -0.2) is 0 Å². The smallest absolute Gasteiger partial charge is 0.269 e. The molecule has 1 heterocycles. The number of benzene rings is 1. The van der Waals surface area contributed by atoms with E-state index in [1.807, 2.05) is 0 Å². The molecular formula is C16H23N3O2. The zero-order valence-electron chi connectivity index (χ0n) is 12.3. The average molecular weight is 289 g/mol. The first-order chi connectivity index (χ1) is 10.1. The van der Waals surface area contributed by atoms with Crippen LogP contribution in [0.4, 0.5) is 11.4 Å². The first-order valence-corrected chi connectivity index (χ1v) is 7.88. The van der Waals surface area contributed by atoms with Crippen molar-refractivity contribution in [3.05, 3.63) is 33.9 Å². The Hall–Kier alpha value is -1.62. The number of hydrogen-bond donors (Lipinski definition) is 1. The molecule has 0 radical (unpaired) electrons. The Balaban J connectivity index is 1.69. The number of hydrogen-bond acceptors (Lipinski definition) is 4. The van der Waals surface area contributed by atoms with Crippen molar-refractivity contribution in [2.45, 2.75) is 38.6 Å². The molecule has 5 heteroatoms. The van der Waals surface area contributed by atoms with E-state index in [0.29, 0.717) is 5.69 Å². The number of piperidine rings is 1. The fourth-order valence-corrected chi connectivity index (χ4v) is 3.90. The predicted octanol–water partition coefficient (Wildman–Crippen LogP) is 3.19. The summed E-state index contributed by atoms with van der Waals surface area (Å²) in [5, 5.41) is 10.9. The highest BCUT2D eigenvalue weighted by Crippen LogP contribution is 2.36. The van der Waals surface area contributed by atoms with Crippen molar-refractivity contribution < 1.29 is 4.92 Å². The van der Waals surface area contributed by atoms with Gasteiger partial charge in [0.2, 0.25) is 0 Å². The van der Waals surface area contributed by atoms with Crippen LogP contribution in [-0.4, -0.2) is 22.9 Å². The van der Waals surface area contributed by atoms with Crippen LogP contribution in [0, 0.1) is 22.0 Å². The molecule has 1 aliphatic heterocycles. The van der Waals surface area contributed by atoms with Crippen LogP contribution in [-0.2, 0) is 6.54 Å². The van der Waals surface area contributed by atoms with Gasteiger partial charge in [-0.05, 0) is 42.9 Å². The first kappa shape index (κ1) is 14.3. The molecule has 0 spiro atoms. The standard InChI is InChI=1S/C16H23N3O2/c17-16-6-5-15(19(20)21)9-14(16)11-18-8-7-12-3-1-2-4-13(12)10-18/h5-6,9,12-13H,1-4,7-8,10-11,17H2. The zero-order chi connectivity index (χ0) is 14.8. The highest BCUT2D eigenvalue weighted by atomic mass is 16.6. The summed E-state index contributed by atoms with van der Waals surface area (Å²) in [7, 11) is 0. The van der Waals surface area contributed by atoms with Crippen LogP contribution in [0.3, 0.4) is 0 Å². The monoisotopic (exact) mass is 289 g/mol. The molecule has 2 fully saturated rings. The van der Waals surface area contributed by atoms with Gasteiger partial charge in [-0.1, -0.05) is 19.3 Å². The lowest BCUT2D eigenvalue weighted by Gasteiger charge is -2.41. The predicted molar refractivity (Wildman–Crippen MR) is 82.9 cm³/mol. The van der Waals surface area contributed by atoms with Gasteiger partial charge in [0.1, 0.15) is 0 Å². The number of likely N-dealkylation sites (tertiary alicyclic amines) is 1. The van der Waals surface area contributed by atoms with Crippen LogP contribution < -0.4 is 5.73 Å². The van der Waals surface area contributed by atoms with E-state index in [2.05, 4.69) is 4.90 Å². The van der Waals surface area contributed by atoms with Gasteiger partial charge in [0, 0.05) is 30.9 Å². The Labute approximate surface area is 125 Å². The molecule has 3 rings (SSSR count). The molecule has 2 aliphatic rings. The van der Waals surface area contributed by atoms with Crippen LogP contribution in [0.1, 0.15) is 37.7 Å². The third-order valence-corrected chi connectivity index (χ3v) is 5.11. The fourth-order valence-electron chi connectivity index (χ4n) is 3.90. The maximum atomic E-state index is 10.9. The van der Waals surface area contributed by atoms with E-state index in [1.165, 1.54) is 38.2 Å². The second-order valence-corrected chi connectivity index (χ2v) is 6.47. The SMILES string of the molecule is Nc1ccc([N+](=O)[O-])cc1CN1CCC2CCCCC2C1. The molecule has 1 aromatic carbocycles. The van der Waals surface area contributed by atoms with Crippen LogP contribution in [0.2, 0.25) is 0 Å². The van der Waals surface area contributed by atoms with Crippen LogP contribution in [0.15, 0.2) is 18.2 Å². The van der Waals surface area contributed by atoms with Crippen molar-refractivity contribution in [2.75, 3.05) is 18.8 Å². The topological polar surface area (TPSA) is 72.4 Å². The molecule has 0 bridgehead atoms. The van der Waals surface area contributed by atoms with Gasteiger partial charge >= 0.3 is 0 Å². The summed E-state index contributed by atoms with van der Waals surface area (Å²) in [6.07, 6.45) is 6.73. The lowest BCUT2D eigenvalue weighted by molar-refractivity contribution is -0.384. The maximum Gasteiger partial charge on any atom is 0.269 e. The lowest BCUT2D eigenvalue weighted by atomic mass is 9.75. The molecule has 0 amide bonds. The van der Waals surface area contributed by atoms with Crippen LogP contribution in [0.25, 0.3) is 0 Å². The highest BCUT2D eigenvalue weighted by molar-refractivity contribution is 5.52. The Kier molecular flexibility index (Phi) is 4.10. The summed E-state index contributed by atoms with van der Waals surface area (Å²) < 4.78 is 0. The van der Waals surface area contributed by atoms with Gasteiger partial charge in [-0.15, -0.1) is 0 Å². The molecule has 2 unspecified atom stereocenters. The van der Waals surface area contributed by atoms with Crippen molar-refractivity contribution in [3.8, 4) is 0 Å². The quantitative estimate of drug-likeness (QED) is 0.527. The van der Waals surface area contributed by atoms with Crippen LogP contribution >= 0.6 is 0 Å². The molecule has 2 atom stereocenters. The van der Waals surface area contributed by atoms with Crippen molar-refractivity contribution >= 4 is 11.4 Å². The van der Waals surface area contributed by atoms with Crippen molar-refractivity contribution in [1.29, 1.82) is 0 Å². The van der Waals surface area contributed by atoms with Crippen molar-refractivity contribution in [2.24, 2.45) is 11.8 Å². The zero-order valence-corrected chi connectivity index (χ0v) is 12.3. The number of nitrogens with zero attached hydrogens (tertiary/aromatic N) is 2. The number of fused-ring (bicyclic) bond motifs is 1. The van der Waals surface area contributed by atoms with E-state index >= 15 is 0 Å². The minimum Gasteiger partial charge on any atom is -0.398 e. The largest absolute Gasteiger partial charge is 0.398 e. The minimum absolute atomic E-state index is 0.131. The molecule has 114 valence electrons. The number of nitrogen functional groups attached to an aromatic ring is 1. The Morgan fingerprint density at radius 1 is 1.24 bits per heavy atom. The second kappa shape index (κ2) is 6.02. The third kappa shape index (κ3) is 3.18. The van der Waals surface area contributed by atoms with Gasteiger partial charge in [-0.3, -0.25) is 15.0 Å². The molecule has 1 aromatic rings. The second-order valence-electron chi connectivity index (χ2n) is 6.47. The fraction of sp³-hybridized carbons (Fsp3) is 0.625. The summed E-state index contributed by atoms with van der Waals surface area (Å²) in [6.45, 7) is 2.94. The van der Waals surface area contributed by atoms with Gasteiger partial charge in [0.25, 0.3) is 5.69 Å². The summed E-state index contributed by atoms with van der Waals surface area (Å²) in [5.74, 6) is 1.71. The molecular weight excluding hydrogens is 266 g/mol. The number of nitro benzene ring substituents is 1. The Bertz CT molecular complexity index is 532. The molecule has 5 nitrogen and oxygen atoms in total. The summed E-state index contributed by atoms with van der Waals surface area (Å²) in [5.41, 5.74) is 7.67. The summed E-state index contributed by atoms with van der Waals surface area (Å²) in [6, 6.07) is 4.76. The van der Waals surface area contributed by atoms with E-state index < -0.39 is 0 Å². The minimum atomic E-state index is -0.351. The Morgan fingerprint density at radius 2 is 2.00 bits per heavy atom. The first-order valence-electron chi connectivity index (χ1n) is 7.88. The lowest BCUT2D eigenvalue weighted by Crippen LogP contribution is -2.41. The number of non-ortho nitro benzene ring substituents is 1. The molecule has 1 saturated carbocycles. The van der Waals surface area contributed by atoms with E-state index in [4.69, 9.17) is 5.73 Å². The van der Waals surface area contributed by atoms with Crippen LogP contribution in [0.5, 0.6) is 0 Å². The van der Waals surface area contributed by atoms with Gasteiger partial charge < -0.3 is 5.73 Å². The highest BCUT2D eigenvalue weighted by Gasteiger charge is 2.31. The molecule has 0 aromatic heterocycles. The molecule has 1 saturated heterocycles. The van der Waals surface area contributed by atoms with Gasteiger partial charge in [-0.2, -0.15) is 0 Å². The number of anilines is 1. The van der Waals surface area contributed by atoms with E-state index in [0.717, 1.165) is 37.0 Å². The van der Waals surface area contributed by atoms with E-state index in [9.17, 15) is 10.1 Å². The summed E-state index contributed by atoms with van der Waals surface area (Å²) in [4.78, 5) is 13.0. The van der Waals surface area contributed by atoms with Crippen molar-refractivity contribution in [3.63, 3.8) is 0 Å². The molecule has 1 aliphatic carbocycles. The van der Waals surface area contributed by atoms with E-state index in [1.54, 1.807) is 12.1 Å². The third-order valence-electron chi connectivity index (χ3n) is 5.11. The molecule has 2 N–H and O–H groups in total. The Morgan fingerprint density at radius 3 is 2.76 bits per heavy atom. The normalized spacial score (nSPS) is 26.3.